The molecule has 1 heterocycles. The number of rotatable bonds is 6. The minimum atomic E-state index is -0.424. The van der Waals surface area contributed by atoms with Gasteiger partial charge in [-0.15, -0.1) is 0 Å². The van der Waals surface area contributed by atoms with Gasteiger partial charge in [0.25, 0.3) is 0 Å². The Labute approximate surface area is 201 Å². The fraction of sp³-hybridized carbons (Fsp3) is 0.276. The molecule has 1 aliphatic rings. The van der Waals surface area contributed by atoms with Crippen molar-refractivity contribution < 1.29 is 13.9 Å². The van der Waals surface area contributed by atoms with Crippen molar-refractivity contribution in [3.63, 3.8) is 0 Å². The molecule has 0 bridgehead atoms. The van der Waals surface area contributed by atoms with Crippen LogP contribution in [0.5, 0.6) is 5.75 Å². The van der Waals surface area contributed by atoms with E-state index in [1.54, 1.807) is 12.1 Å². The van der Waals surface area contributed by atoms with Crippen LogP contribution in [0.15, 0.2) is 60.7 Å². The Bertz CT molecular complexity index is 1210. The molecule has 1 fully saturated rings. The predicted octanol–water partition coefficient (Wildman–Crippen LogP) is 5.77. The average molecular weight is 459 g/mol. The van der Waals surface area contributed by atoms with Crippen LogP contribution in [0.25, 0.3) is 17.2 Å². The number of benzene rings is 3. The van der Waals surface area contributed by atoms with Crippen LogP contribution in [-0.2, 0) is 0 Å². The third-order valence-corrected chi connectivity index (χ3v) is 6.28. The number of nitrogens with zero attached hydrogens (tertiary/aromatic N) is 2. The second kappa shape index (κ2) is 10.2. The molecule has 3 aromatic carbocycles. The van der Waals surface area contributed by atoms with Crippen LogP contribution in [0.2, 0.25) is 0 Å². The van der Waals surface area contributed by atoms with Crippen molar-refractivity contribution in [2.24, 2.45) is 0 Å². The highest BCUT2D eigenvalue weighted by molar-refractivity contribution is 6.11. The van der Waals surface area contributed by atoms with Crippen LogP contribution >= 0.6 is 0 Å². The first kappa shape index (κ1) is 23.7. The summed E-state index contributed by atoms with van der Waals surface area (Å²) in [6, 6.07) is 17.1. The van der Waals surface area contributed by atoms with Crippen molar-refractivity contribution in [3.05, 3.63) is 88.7 Å². The van der Waals surface area contributed by atoms with E-state index < -0.39 is 5.82 Å². The zero-order chi connectivity index (χ0) is 24.2. The molecule has 4 nitrogen and oxygen atoms in total. The van der Waals surface area contributed by atoms with E-state index in [0.29, 0.717) is 16.9 Å². The lowest BCUT2D eigenvalue weighted by Crippen LogP contribution is -2.45. The number of ketones is 1. The molecule has 34 heavy (non-hydrogen) atoms. The minimum absolute atomic E-state index is 0.143. The number of hydrogen-bond donors (Lipinski definition) is 0. The summed E-state index contributed by atoms with van der Waals surface area (Å²) in [5.74, 6) is -0.124. The van der Waals surface area contributed by atoms with Gasteiger partial charge < -0.3 is 14.5 Å². The molecule has 0 spiro atoms. The molecule has 0 atom stereocenters. The molecule has 0 unspecified atom stereocenters. The smallest absolute Gasteiger partial charge is 0.187 e. The van der Waals surface area contributed by atoms with Crippen molar-refractivity contribution in [2.45, 2.75) is 13.8 Å². The van der Waals surface area contributed by atoms with Gasteiger partial charge >= 0.3 is 0 Å². The quantitative estimate of drug-likeness (QED) is 0.347. The van der Waals surface area contributed by atoms with Crippen molar-refractivity contribution in [3.8, 4) is 16.9 Å². The van der Waals surface area contributed by atoms with E-state index in [9.17, 15) is 9.18 Å². The number of allylic oxidation sites excluding steroid dienone is 1. The summed E-state index contributed by atoms with van der Waals surface area (Å²) in [5.41, 5.74) is 6.35. The Balaban J connectivity index is 1.71. The van der Waals surface area contributed by atoms with Crippen LogP contribution in [-0.4, -0.2) is 51.0 Å². The van der Waals surface area contributed by atoms with Crippen LogP contribution in [0, 0.1) is 19.7 Å². The average Bonchev–Trinajstić information content (AvgIpc) is 2.82. The lowest BCUT2D eigenvalue weighted by atomic mass is 9.96. The maximum absolute atomic E-state index is 14.4. The summed E-state index contributed by atoms with van der Waals surface area (Å²) in [6.45, 7) is 7.76. The number of piperazine rings is 1. The first-order chi connectivity index (χ1) is 16.3. The Hall–Kier alpha value is -3.44. The first-order valence-corrected chi connectivity index (χ1v) is 11.6. The summed E-state index contributed by atoms with van der Waals surface area (Å²) in [7, 11) is 3.61. The van der Waals surface area contributed by atoms with E-state index in [-0.39, 0.29) is 5.78 Å². The van der Waals surface area contributed by atoms with Crippen LogP contribution in [0.1, 0.15) is 27.0 Å². The van der Waals surface area contributed by atoms with E-state index in [1.807, 2.05) is 12.1 Å². The van der Waals surface area contributed by atoms with Gasteiger partial charge in [-0.3, -0.25) is 4.79 Å². The molecule has 0 N–H and O–H groups in total. The van der Waals surface area contributed by atoms with Crippen LogP contribution in [0.4, 0.5) is 10.1 Å². The molecule has 3 aromatic rings. The molecule has 1 saturated heterocycles. The largest absolute Gasteiger partial charge is 0.497 e. The zero-order valence-corrected chi connectivity index (χ0v) is 20.3. The Morgan fingerprint density at radius 2 is 1.62 bits per heavy atom. The fourth-order valence-electron chi connectivity index (χ4n) is 4.40. The van der Waals surface area contributed by atoms with Crippen molar-refractivity contribution in [1.82, 2.24) is 4.90 Å². The van der Waals surface area contributed by atoms with Gasteiger partial charge in [0.05, 0.1) is 7.11 Å². The Morgan fingerprint density at radius 3 is 2.26 bits per heavy atom. The number of likely N-dealkylation sites (N-methyl/N-ethyl adjacent to an activating group) is 1. The Morgan fingerprint density at radius 1 is 0.912 bits per heavy atom. The van der Waals surface area contributed by atoms with E-state index in [2.05, 4.69) is 55.0 Å². The second-order valence-electron chi connectivity index (χ2n) is 8.98. The van der Waals surface area contributed by atoms with E-state index in [4.69, 9.17) is 4.74 Å². The summed E-state index contributed by atoms with van der Waals surface area (Å²) in [5, 5.41) is 0. The van der Waals surface area contributed by atoms with Crippen LogP contribution in [0.3, 0.4) is 0 Å². The highest BCUT2D eigenvalue weighted by Crippen LogP contribution is 2.30. The van der Waals surface area contributed by atoms with Crippen molar-refractivity contribution in [2.75, 3.05) is 45.2 Å². The van der Waals surface area contributed by atoms with Crippen LogP contribution < -0.4 is 9.64 Å². The molecular weight excluding hydrogens is 427 g/mol. The van der Waals surface area contributed by atoms with Gasteiger partial charge in [-0.2, -0.15) is 0 Å². The molecular formula is C29H31FN2O2. The molecule has 0 radical (unpaired) electrons. The van der Waals surface area contributed by atoms with Gasteiger partial charge in [0.2, 0.25) is 0 Å². The molecule has 0 aromatic heterocycles. The summed E-state index contributed by atoms with van der Waals surface area (Å²) >= 11 is 0. The number of ether oxygens (including phenoxy) is 1. The van der Waals surface area contributed by atoms with Crippen molar-refractivity contribution >= 4 is 17.5 Å². The molecule has 0 aliphatic carbocycles. The standard InChI is InChI=1S/C29H31FN2O2/c1-20-15-21(2)17-24(16-20)23-6-9-28(32-13-11-31(3)12-14-32)26(18-23)29(33)10-7-22-5-8-25(34-4)19-27(22)30/h5-10,15-19H,11-14H2,1-4H3. The number of carbonyl (C=O) groups excluding carboxylic acids is 1. The van der Waals surface area contributed by atoms with Crippen molar-refractivity contribution in [1.29, 1.82) is 0 Å². The first-order valence-electron chi connectivity index (χ1n) is 11.6. The number of methoxy groups -OCH3 is 1. The zero-order valence-electron chi connectivity index (χ0n) is 20.3. The highest BCUT2D eigenvalue weighted by Gasteiger charge is 2.20. The number of halogens is 1. The Kier molecular flexibility index (Phi) is 7.13. The maximum atomic E-state index is 14.4. The number of carbonyl (C=O) groups is 1. The normalized spacial score (nSPS) is 14.6. The second-order valence-corrected chi connectivity index (χ2v) is 8.98. The molecule has 1 aliphatic heterocycles. The van der Waals surface area contributed by atoms with Gasteiger partial charge in [-0.05, 0) is 68.4 Å². The maximum Gasteiger partial charge on any atom is 0.187 e. The number of aryl methyl sites for hydroxylation is 2. The minimum Gasteiger partial charge on any atom is -0.497 e. The summed E-state index contributed by atoms with van der Waals surface area (Å²) < 4.78 is 19.5. The fourth-order valence-corrected chi connectivity index (χ4v) is 4.40. The monoisotopic (exact) mass is 458 g/mol. The van der Waals surface area contributed by atoms with E-state index in [1.165, 1.54) is 36.5 Å². The van der Waals surface area contributed by atoms with Gasteiger partial charge in [-0.1, -0.05) is 35.4 Å². The summed E-state index contributed by atoms with van der Waals surface area (Å²) in [6.07, 6.45) is 3.00. The molecule has 4 rings (SSSR count). The van der Waals surface area contributed by atoms with Gasteiger partial charge in [0, 0.05) is 49.1 Å². The lowest BCUT2D eigenvalue weighted by Gasteiger charge is -2.35. The van der Waals surface area contributed by atoms with E-state index >= 15 is 0 Å². The van der Waals surface area contributed by atoms with Gasteiger partial charge in [0.1, 0.15) is 11.6 Å². The predicted molar refractivity (Wildman–Crippen MR) is 137 cm³/mol. The number of hydrogen-bond acceptors (Lipinski definition) is 4. The topological polar surface area (TPSA) is 32.8 Å². The molecule has 5 heteroatoms. The SMILES string of the molecule is COc1ccc(C=CC(=O)c2cc(-c3cc(C)cc(C)c3)ccc2N2CCN(C)CC2)c(F)c1. The van der Waals surface area contributed by atoms with Gasteiger partial charge in [-0.25, -0.2) is 4.39 Å². The number of anilines is 1. The highest BCUT2D eigenvalue weighted by atomic mass is 19.1. The third kappa shape index (κ3) is 5.37. The van der Waals surface area contributed by atoms with E-state index in [0.717, 1.165) is 43.0 Å². The molecule has 0 amide bonds. The third-order valence-electron chi connectivity index (χ3n) is 6.28. The molecule has 0 saturated carbocycles. The molecule has 176 valence electrons. The van der Waals surface area contributed by atoms with Gasteiger partial charge in [0.15, 0.2) is 5.78 Å². The lowest BCUT2D eigenvalue weighted by molar-refractivity contribution is 0.104. The summed E-state index contributed by atoms with van der Waals surface area (Å²) in [4.78, 5) is 18.0.